The van der Waals surface area contributed by atoms with E-state index in [2.05, 4.69) is 10.6 Å². The molecule has 0 aliphatic heterocycles. The maximum absolute atomic E-state index is 13.9. The van der Waals surface area contributed by atoms with Crippen LogP contribution in [0.3, 0.4) is 0 Å². The molecule has 1 aromatic carbocycles. The molecular formula is C26H39N3O7S. The smallest absolute Gasteiger partial charge is 0.408 e. The van der Waals surface area contributed by atoms with Gasteiger partial charge in [-0.25, -0.2) is 4.79 Å². The summed E-state index contributed by atoms with van der Waals surface area (Å²) in [6, 6.07) is 4.03. The van der Waals surface area contributed by atoms with E-state index in [0.717, 1.165) is 0 Å². The van der Waals surface area contributed by atoms with E-state index in [9.17, 15) is 24.3 Å². The molecule has 10 nitrogen and oxygen atoms in total. The standard InChI is InChI=1S/C26H39N3O7S/c1-6-35-21(31)13-15-27-23(32)22(18-9-7-8-10-20(18)30)29(17-11-12-17)24(33)19(14-16-37-5)28-25(34)36-26(2,3)4/h7-10,17,19,22,30H,6,11-16H2,1-5H3,(H,27,32)(H,28,34). The molecule has 3 amide bonds. The Morgan fingerprint density at radius 3 is 2.43 bits per heavy atom. The Bertz CT molecular complexity index is 946. The largest absolute Gasteiger partial charge is 0.508 e. The maximum Gasteiger partial charge on any atom is 0.408 e. The van der Waals surface area contributed by atoms with E-state index in [1.54, 1.807) is 45.9 Å². The Kier molecular flexibility index (Phi) is 11.5. The third-order valence-corrected chi connectivity index (χ3v) is 6.13. The number of carbonyl (C=O) groups is 4. The lowest BCUT2D eigenvalue weighted by Gasteiger charge is -2.35. The number of phenols is 1. The van der Waals surface area contributed by atoms with Crippen LogP contribution in [0.2, 0.25) is 0 Å². The first-order valence-corrected chi connectivity index (χ1v) is 13.9. The quantitative estimate of drug-likeness (QED) is 0.327. The fraction of sp³-hybridized carbons (Fsp3) is 0.615. The normalized spacial score (nSPS) is 14.7. The fourth-order valence-corrected chi connectivity index (χ4v) is 4.22. The van der Waals surface area contributed by atoms with Crippen LogP contribution in [-0.2, 0) is 23.9 Å². The summed E-state index contributed by atoms with van der Waals surface area (Å²) < 4.78 is 10.3. The molecule has 0 bridgehead atoms. The fourth-order valence-electron chi connectivity index (χ4n) is 3.75. The zero-order chi connectivity index (χ0) is 27.6. The highest BCUT2D eigenvalue weighted by Crippen LogP contribution is 2.38. The number of para-hydroxylation sites is 1. The topological polar surface area (TPSA) is 134 Å². The average molecular weight is 538 g/mol. The summed E-state index contributed by atoms with van der Waals surface area (Å²) >= 11 is 1.53. The lowest BCUT2D eigenvalue weighted by Crippen LogP contribution is -2.54. The summed E-state index contributed by atoms with van der Waals surface area (Å²) in [6.07, 6.45) is 2.86. The Morgan fingerprint density at radius 1 is 1.19 bits per heavy atom. The van der Waals surface area contributed by atoms with Gasteiger partial charge in [0.1, 0.15) is 23.4 Å². The van der Waals surface area contributed by atoms with Gasteiger partial charge in [0, 0.05) is 18.2 Å². The van der Waals surface area contributed by atoms with E-state index in [1.165, 1.54) is 22.7 Å². The molecule has 1 aliphatic carbocycles. The number of aromatic hydroxyl groups is 1. The van der Waals surface area contributed by atoms with Crippen LogP contribution in [0.4, 0.5) is 4.79 Å². The third-order valence-electron chi connectivity index (χ3n) is 5.49. The third kappa shape index (κ3) is 9.79. The van der Waals surface area contributed by atoms with Crippen molar-refractivity contribution in [2.24, 2.45) is 0 Å². The second-order valence-electron chi connectivity index (χ2n) is 9.76. The van der Waals surface area contributed by atoms with Crippen molar-refractivity contribution >= 4 is 35.6 Å². The van der Waals surface area contributed by atoms with Gasteiger partial charge in [-0.15, -0.1) is 0 Å². The Hall–Kier alpha value is -2.95. The SMILES string of the molecule is CCOC(=O)CCNC(=O)C(c1ccccc1O)N(C(=O)C(CCSC)NC(=O)OC(C)(C)C)C1CC1. The zero-order valence-electron chi connectivity index (χ0n) is 22.2. The summed E-state index contributed by atoms with van der Waals surface area (Å²) in [6.45, 7) is 7.15. The molecule has 1 aliphatic rings. The summed E-state index contributed by atoms with van der Waals surface area (Å²) in [5.41, 5.74) is -0.484. The molecule has 0 radical (unpaired) electrons. The van der Waals surface area contributed by atoms with Gasteiger partial charge in [0.25, 0.3) is 0 Å². The molecule has 0 spiro atoms. The molecule has 0 saturated heterocycles. The van der Waals surface area contributed by atoms with Crippen molar-refractivity contribution in [1.29, 1.82) is 0 Å². The molecule has 2 atom stereocenters. The number of alkyl carbamates (subject to hydrolysis) is 1. The number of hydrogen-bond acceptors (Lipinski definition) is 8. The number of thioether (sulfide) groups is 1. The van der Waals surface area contributed by atoms with E-state index in [1.807, 2.05) is 6.26 Å². The Balaban J connectivity index is 2.36. The van der Waals surface area contributed by atoms with Crippen molar-refractivity contribution in [2.75, 3.05) is 25.2 Å². The molecule has 1 aromatic rings. The molecule has 37 heavy (non-hydrogen) atoms. The van der Waals surface area contributed by atoms with E-state index < -0.39 is 41.6 Å². The van der Waals surface area contributed by atoms with Gasteiger partial charge in [0.15, 0.2) is 0 Å². The van der Waals surface area contributed by atoms with E-state index in [4.69, 9.17) is 9.47 Å². The van der Waals surface area contributed by atoms with Gasteiger partial charge in [-0.1, -0.05) is 18.2 Å². The number of amides is 3. The van der Waals surface area contributed by atoms with Crippen LogP contribution < -0.4 is 10.6 Å². The minimum absolute atomic E-state index is 0.0144. The average Bonchev–Trinajstić information content (AvgIpc) is 3.64. The highest BCUT2D eigenvalue weighted by molar-refractivity contribution is 7.98. The Labute approximate surface area is 222 Å². The first-order valence-electron chi connectivity index (χ1n) is 12.5. The Morgan fingerprint density at radius 2 is 1.86 bits per heavy atom. The van der Waals surface area contributed by atoms with Gasteiger partial charge in [-0.2, -0.15) is 11.8 Å². The summed E-state index contributed by atoms with van der Waals surface area (Å²) in [5, 5.41) is 16.0. The highest BCUT2D eigenvalue weighted by atomic mass is 32.2. The number of phenolic OH excluding ortho intramolecular Hbond substituents is 1. The first-order chi connectivity index (χ1) is 17.5. The molecule has 2 rings (SSSR count). The number of carbonyl (C=O) groups excluding carboxylic acids is 4. The van der Waals surface area contributed by atoms with Crippen molar-refractivity contribution < 1.29 is 33.8 Å². The second-order valence-corrected chi connectivity index (χ2v) is 10.7. The molecular weight excluding hydrogens is 498 g/mol. The van der Waals surface area contributed by atoms with E-state index in [-0.39, 0.29) is 36.9 Å². The van der Waals surface area contributed by atoms with E-state index in [0.29, 0.717) is 25.0 Å². The predicted octanol–water partition coefficient (Wildman–Crippen LogP) is 3.14. The van der Waals surface area contributed by atoms with Crippen LogP contribution in [0.25, 0.3) is 0 Å². The number of benzene rings is 1. The van der Waals surface area contributed by atoms with Crippen molar-refractivity contribution in [3.05, 3.63) is 29.8 Å². The van der Waals surface area contributed by atoms with Crippen LogP contribution in [0, 0.1) is 0 Å². The van der Waals surface area contributed by atoms with Gasteiger partial charge >= 0.3 is 12.1 Å². The van der Waals surface area contributed by atoms with Crippen LogP contribution in [0.15, 0.2) is 24.3 Å². The monoisotopic (exact) mass is 537 g/mol. The minimum Gasteiger partial charge on any atom is -0.508 e. The van der Waals surface area contributed by atoms with Gasteiger partial charge < -0.3 is 30.1 Å². The number of nitrogens with one attached hydrogen (secondary N) is 2. The summed E-state index contributed by atoms with van der Waals surface area (Å²) in [4.78, 5) is 53.2. The van der Waals surface area contributed by atoms with Crippen LogP contribution in [-0.4, -0.2) is 76.7 Å². The van der Waals surface area contributed by atoms with Gasteiger partial charge in [0.05, 0.1) is 13.0 Å². The van der Waals surface area contributed by atoms with Crippen molar-refractivity contribution in [1.82, 2.24) is 15.5 Å². The molecule has 206 valence electrons. The van der Waals surface area contributed by atoms with Crippen molar-refractivity contribution in [2.45, 2.75) is 77.1 Å². The number of ether oxygens (including phenoxy) is 2. The molecule has 0 aromatic heterocycles. The van der Waals surface area contributed by atoms with Crippen LogP contribution >= 0.6 is 11.8 Å². The van der Waals surface area contributed by atoms with Crippen LogP contribution in [0.1, 0.15) is 65.0 Å². The number of nitrogens with zero attached hydrogens (tertiary/aromatic N) is 1. The number of esters is 1. The number of hydrogen-bond donors (Lipinski definition) is 3. The molecule has 0 heterocycles. The molecule has 3 N–H and O–H groups in total. The van der Waals surface area contributed by atoms with E-state index >= 15 is 0 Å². The van der Waals surface area contributed by atoms with Gasteiger partial charge in [-0.3, -0.25) is 14.4 Å². The lowest BCUT2D eigenvalue weighted by atomic mass is 10.0. The predicted molar refractivity (Wildman–Crippen MR) is 141 cm³/mol. The number of rotatable bonds is 13. The zero-order valence-corrected chi connectivity index (χ0v) is 23.1. The first kappa shape index (κ1) is 30.3. The maximum atomic E-state index is 13.9. The van der Waals surface area contributed by atoms with Crippen molar-refractivity contribution in [3.63, 3.8) is 0 Å². The highest BCUT2D eigenvalue weighted by Gasteiger charge is 2.44. The minimum atomic E-state index is -1.15. The van der Waals surface area contributed by atoms with Crippen LogP contribution in [0.5, 0.6) is 5.75 Å². The molecule has 1 fully saturated rings. The van der Waals surface area contributed by atoms with Crippen molar-refractivity contribution in [3.8, 4) is 5.75 Å². The molecule has 2 unspecified atom stereocenters. The summed E-state index contributed by atoms with van der Waals surface area (Å²) in [7, 11) is 0. The van der Waals surface area contributed by atoms with Gasteiger partial charge in [0.2, 0.25) is 11.8 Å². The second kappa shape index (κ2) is 14.1. The molecule has 1 saturated carbocycles. The molecule has 11 heteroatoms. The summed E-state index contributed by atoms with van der Waals surface area (Å²) in [5.74, 6) is -0.955. The lowest BCUT2D eigenvalue weighted by molar-refractivity contribution is -0.144. The van der Waals surface area contributed by atoms with Gasteiger partial charge in [-0.05, 0) is 65.0 Å².